The van der Waals surface area contributed by atoms with Crippen LogP contribution in [0.15, 0.2) is 11.6 Å². The van der Waals surface area contributed by atoms with Gasteiger partial charge in [0.1, 0.15) is 25.9 Å². The van der Waals surface area contributed by atoms with Gasteiger partial charge in [0.2, 0.25) is 0 Å². The van der Waals surface area contributed by atoms with Gasteiger partial charge in [0, 0.05) is 12.8 Å². The van der Waals surface area contributed by atoms with E-state index in [1.165, 1.54) is 134 Å². The van der Waals surface area contributed by atoms with Crippen molar-refractivity contribution in [3.05, 3.63) is 11.6 Å². The van der Waals surface area contributed by atoms with Crippen LogP contribution in [0.1, 0.15) is 241 Å². The van der Waals surface area contributed by atoms with E-state index in [0.29, 0.717) is 28.8 Å². The van der Waals surface area contributed by atoms with E-state index in [0.717, 1.165) is 74.5 Å². The average molecular weight is 1020 g/mol. The topological polar surface area (TPSA) is 137 Å². The Morgan fingerprint density at radius 2 is 1.31 bits per heavy atom. The molecule has 4 rings (SSSR count). The van der Waals surface area contributed by atoms with Crippen LogP contribution in [0, 0.1) is 46.3 Å². The summed E-state index contributed by atoms with van der Waals surface area (Å²) in [5.74, 6) is 2.95. The second-order valence-electron chi connectivity index (χ2n) is 24.9. The maximum absolute atomic E-state index is 13.2. The maximum atomic E-state index is 13.2. The molecule has 0 saturated heterocycles. The number of hydrogen-bond donors (Lipinski definition) is 0. The van der Waals surface area contributed by atoms with E-state index in [-0.39, 0.29) is 44.0 Å². The van der Waals surface area contributed by atoms with E-state index in [4.69, 9.17) is 23.3 Å². The molecule has 11 nitrogen and oxygen atoms in total. The Hall–Kier alpha value is -1.78. The highest BCUT2D eigenvalue weighted by Gasteiger charge is 2.59. The Morgan fingerprint density at radius 3 is 1.92 bits per heavy atom. The van der Waals surface area contributed by atoms with E-state index in [1.807, 2.05) is 21.1 Å². The van der Waals surface area contributed by atoms with Gasteiger partial charge in [0.15, 0.2) is 6.10 Å². The first kappa shape index (κ1) is 61.8. The van der Waals surface area contributed by atoms with Gasteiger partial charge in [-0.25, -0.2) is 0 Å². The first-order chi connectivity index (χ1) is 33.8. The lowest BCUT2D eigenvalue weighted by Crippen LogP contribution is -2.51. The van der Waals surface area contributed by atoms with Gasteiger partial charge in [-0.2, -0.15) is 0 Å². The molecule has 4 aliphatic carbocycles. The molecule has 0 amide bonds. The third-order valence-corrected chi connectivity index (χ3v) is 18.7. The number of unbranched alkanes of at least 4 members (excludes halogenated alkanes) is 16. The number of phosphoric ester groups is 1. The van der Waals surface area contributed by atoms with E-state index >= 15 is 0 Å². The molecule has 12 heteroatoms. The lowest BCUT2D eigenvalue weighted by atomic mass is 9.47. The molecule has 0 heterocycles. The number of nitrogens with zero attached hydrogens (tertiary/aromatic N) is 1. The number of esters is 3. The second kappa shape index (κ2) is 31.3. The van der Waals surface area contributed by atoms with Crippen LogP contribution in [0.25, 0.3) is 0 Å². The van der Waals surface area contributed by atoms with E-state index in [2.05, 4.69) is 47.6 Å². The molecule has 0 aromatic heterocycles. The van der Waals surface area contributed by atoms with Gasteiger partial charge in [0.25, 0.3) is 7.82 Å². The number of hydrogen-bond acceptors (Lipinski definition) is 10. The van der Waals surface area contributed by atoms with Crippen molar-refractivity contribution in [3.63, 3.8) is 0 Å². The number of ether oxygens (including phenoxy) is 3. The smallest absolute Gasteiger partial charge is 0.306 e. The predicted octanol–water partition coefficient (Wildman–Crippen LogP) is 14.4. The minimum Gasteiger partial charge on any atom is -0.756 e. The molecule has 2 unspecified atom stereocenters. The number of carbonyl (C=O) groups excluding carboxylic acids is 3. The summed E-state index contributed by atoms with van der Waals surface area (Å²) in [5.41, 5.74) is 2.02. The molecule has 0 radical (unpaired) electrons. The molecule has 71 heavy (non-hydrogen) atoms. The zero-order valence-corrected chi connectivity index (χ0v) is 47.8. The monoisotopic (exact) mass is 1020 g/mol. The summed E-state index contributed by atoms with van der Waals surface area (Å²) in [5, 5.41) is 0. The fourth-order valence-corrected chi connectivity index (χ4v) is 14.2. The van der Waals surface area contributed by atoms with Crippen molar-refractivity contribution in [1.29, 1.82) is 0 Å². The van der Waals surface area contributed by atoms with Gasteiger partial charge >= 0.3 is 17.9 Å². The average Bonchev–Trinajstić information content (AvgIpc) is 3.67. The molecule has 0 aliphatic heterocycles. The van der Waals surface area contributed by atoms with Crippen molar-refractivity contribution in [2.45, 2.75) is 253 Å². The summed E-state index contributed by atoms with van der Waals surface area (Å²) in [6.07, 6.45) is 35.2. The zero-order valence-electron chi connectivity index (χ0n) is 46.9. The van der Waals surface area contributed by atoms with Crippen molar-refractivity contribution in [2.75, 3.05) is 47.5 Å². The third-order valence-electron chi connectivity index (χ3n) is 17.7. The Morgan fingerprint density at radius 1 is 0.704 bits per heavy atom. The summed E-state index contributed by atoms with van der Waals surface area (Å²) >= 11 is 0. The van der Waals surface area contributed by atoms with Gasteiger partial charge in [0.05, 0.1) is 40.6 Å². The third kappa shape index (κ3) is 21.8. The number of fused-ring (bicyclic) bond motifs is 5. The van der Waals surface area contributed by atoms with Gasteiger partial charge < -0.3 is 32.6 Å². The van der Waals surface area contributed by atoms with Crippen molar-refractivity contribution in [1.82, 2.24) is 0 Å². The molecule has 0 bridgehead atoms. The first-order valence-corrected chi connectivity index (χ1v) is 30.9. The number of likely N-dealkylation sites (N-methyl/N-ethyl adjacent to an activating group) is 1. The summed E-state index contributed by atoms with van der Waals surface area (Å²) in [6, 6.07) is 0. The molecular weight excluding hydrogens is 914 g/mol. The standard InChI is InChI=1S/C59H106NO10P/c1-10-11-12-13-14-15-16-17-18-19-20-21-22-23-24-25-26-30-55(61)66-44-50(45-68-71(64,65)67-42-41-60(7,8)9)70-57(63)36-35-56(62)69-49-37-39-58(5)48(43-49)31-32-51-53-34-33-52(47(4)29-27-28-46(2)3)59(53,6)40-38-54(51)58/h31,46-47,49-54H,10-30,32-45H2,1-9H3/t47-,49+,50?,51+,52-,53+,54+,58+,59-/m1/s1. The molecule has 0 aromatic carbocycles. The number of quaternary nitrogens is 1. The van der Waals surface area contributed by atoms with Crippen LogP contribution in [0.4, 0.5) is 0 Å². The molecule has 4 aliphatic rings. The molecule has 412 valence electrons. The van der Waals surface area contributed by atoms with Crippen molar-refractivity contribution >= 4 is 25.7 Å². The Kier molecular flexibility index (Phi) is 27.2. The van der Waals surface area contributed by atoms with Crippen LogP contribution in [-0.4, -0.2) is 82.1 Å². The van der Waals surface area contributed by atoms with Crippen molar-refractivity contribution in [3.8, 4) is 0 Å². The minimum absolute atomic E-state index is 0.0810. The molecular formula is C59H106NO10P. The Balaban J connectivity index is 1.16. The molecule has 3 fully saturated rings. The van der Waals surface area contributed by atoms with E-state index in [9.17, 15) is 23.8 Å². The van der Waals surface area contributed by atoms with Crippen LogP contribution in [-0.2, 0) is 42.2 Å². The minimum atomic E-state index is -4.74. The summed E-state index contributed by atoms with van der Waals surface area (Å²) in [6.45, 7) is 14.0. The van der Waals surface area contributed by atoms with Gasteiger partial charge in [-0.3, -0.25) is 18.9 Å². The number of phosphoric acid groups is 1. The Bertz CT molecular complexity index is 1650. The van der Waals surface area contributed by atoms with E-state index in [1.54, 1.807) is 0 Å². The van der Waals surface area contributed by atoms with Crippen LogP contribution in [0.3, 0.4) is 0 Å². The highest BCUT2D eigenvalue weighted by Crippen LogP contribution is 2.67. The molecule has 0 spiro atoms. The first-order valence-electron chi connectivity index (χ1n) is 29.4. The lowest BCUT2D eigenvalue weighted by Gasteiger charge is -2.58. The second-order valence-corrected chi connectivity index (χ2v) is 26.3. The lowest BCUT2D eigenvalue weighted by molar-refractivity contribution is -0.870. The molecule has 0 N–H and O–H groups in total. The maximum Gasteiger partial charge on any atom is 0.306 e. The van der Waals surface area contributed by atoms with Gasteiger partial charge in [-0.05, 0) is 97.7 Å². The summed E-state index contributed by atoms with van der Waals surface area (Å²) < 4.78 is 40.3. The van der Waals surface area contributed by atoms with Crippen LogP contribution in [0.2, 0.25) is 0 Å². The van der Waals surface area contributed by atoms with Crippen LogP contribution < -0.4 is 4.89 Å². The summed E-state index contributed by atoms with van der Waals surface area (Å²) in [4.78, 5) is 51.7. The zero-order chi connectivity index (χ0) is 51.9. The molecule has 3 saturated carbocycles. The van der Waals surface area contributed by atoms with Crippen LogP contribution in [0.5, 0.6) is 0 Å². The quantitative estimate of drug-likeness (QED) is 0.0148. The number of carbonyl (C=O) groups is 3. The highest BCUT2D eigenvalue weighted by molar-refractivity contribution is 7.45. The fourth-order valence-electron chi connectivity index (χ4n) is 13.5. The van der Waals surface area contributed by atoms with E-state index < -0.39 is 38.4 Å². The number of allylic oxidation sites excluding steroid dienone is 1. The largest absolute Gasteiger partial charge is 0.756 e. The van der Waals surface area contributed by atoms with Crippen LogP contribution >= 0.6 is 7.82 Å². The highest BCUT2D eigenvalue weighted by atomic mass is 31.2. The predicted molar refractivity (Wildman–Crippen MR) is 284 cm³/mol. The molecule has 10 atom stereocenters. The molecule has 0 aromatic rings. The summed E-state index contributed by atoms with van der Waals surface area (Å²) in [7, 11) is 1.01. The Labute approximate surface area is 434 Å². The van der Waals surface area contributed by atoms with Gasteiger partial charge in [-0.1, -0.05) is 175 Å². The fraction of sp³-hybridized carbons (Fsp3) is 0.915. The SMILES string of the molecule is CCCCCCCCCCCCCCCCCCCC(=O)OCC(COP(=O)([O-])OCC[N+](C)(C)C)OC(=O)CCC(=O)O[C@H]1CC[C@@]2(C)C(=CC[C@H]3[C@@H]4CC[C@H]([C@H](C)CCCC(C)C)[C@@]4(C)CC[C@@H]32)C1. The van der Waals surface area contributed by atoms with Gasteiger partial charge in [-0.15, -0.1) is 0 Å². The van der Waals surface area contributed by atoms with Crippen molar-refractivity contribution in [2.24, 2.45) is 46.3 Å². The number of rotatable bonds is 37. The van der Waals surface area contributed by atoms with Crippen molar-refractivity contribution < 1.29 is 51.6 Å². The normalized spacial score (nSPS) is 26.9.